The molecule has 0 amide bonds. The van der Waals surface area contributed by atoms with Crippen LogP contribution in [0.4, 0.5) is 0 Å². The molecule has 2 heteroatoms. The average Bonchev–Trinajstić information content (AvgIpc) is 2.54. The van der Waals surface area contributed by atoms with Gasteiger partial charge in [0, 0.05) is 18.7 Å². The third kappa shape index (κ3) is 1.64. The number of aromatic nitrogens is 2. The highest BCUT2D eigenvalue weighted by atomic mass is 14.8. The summed E-state index contributed by atoms with van der Waals surface area (Å²) in [7, 11) is 0. The van der Waals surface area contributed by atoms with Crippen LogP contribution in [0.3, 0.4) is 0 Å². The SMILES string of the molecule is CC.Cc1ccc2cc[nH]c2n1.[HH]. The van der Waals surface area contributed by atoms with Gasteiger partial charge >= 0.3 is 0 Å². The Labute approximate surface area is 74.1 Å². The largest absolute Gasteiger partial charge is 0.346 e. The molecule has 0 fully saturated rings. The molecule has 0 saturated carbocycles. The van der Waals surface area contributed by atoms with Crippen molar-refractivity contribution in [1.82, 2.24) is 9.97 Å². The Kier molecular flexibility index (Phi) is 2.86. The first-order valence-corrected chi connectivity index (χ1v) is 4.27. The number of hydrogen-bond donors (Lipinski definition) is 1. The van der Waals surface area contributed by atoms with E-state index >= 15 is 0 Å². The number of nitrogens with one attached hydrogen (secondary N) is 1. The maximum Gasteiger partial charge on any atom is 0.137 e. The van der Waals surface area contributed by atoms with E-state index < -0.39 is 0 Å². The summed E-state index contributed by atoms with van der Waals surface area (Å²) in [6.07, 6.45) is 1.90. The maximum absolute atomic E-state index is 4.28. The van der Waals surface area contributed by atoms with Crippen LogP contribution in [0.15, 0.2) is 24.4 Å². The third-order valence-electron chi connectivity index (χ3n) is 1.55. The quantitative estimate of drug-likeness (QED) is 0.636. The summed E-state index contributed by atoms with van der Waals surface area (Å²) in [5.74, 6) is 0. The van der Waals surface area contributed by atoms with Crippen LogP contribution in [0, 0.1) is 6.92 Å². The molecule has 1 N–H and O–H groups in total. The van der Waals surface area contributed by atoms with E-state index in [0.29, 0.717) is 0 Å². The third-order valence-corrected chi connectivity index (χ3v) is 1.55. The smallest absolute Gasteiger partial charge is 0.137 e. The van der Waals surface area contributed by atoms with Gasteiger partial charge in [-0.2, -0.15) is 0 Å². The Morgan fingerprint density at radius 3 is 2.75 bits per heavy atom. The summed E-state index contributed by atoms with van der Waals surface area (Å²) >= 11 is 0. The second-order valence-electron chi connectivity index (χ2n) is 2.37. The highest BCUT2D eigenvalue weighted by Crippen LogP contribution is 2.08. The van der Waals surface area contributed by atoms with Crippen molar-refractivity contribution in [2.45, 2.75) is 20.8 Å². The van der Waals surface area contributed by atoms with Crippen LogP contribution in [0.25, 0.3) is 11.0 Å². The van der Waals surface area contributed by atoms with Gasteiger partial charge in [0.2, 0.25) is 0 Å². The molecule has 2 nitrogen and oxygen atoms in total. The van der Waals surface area contributed by atoms with Gasteiger partial charge in [-0.05, 0) is 25.1 Å². The molecule has 0 bridgehead atoms. The molecule has 12 heavy (non-hydrogen) atoms. The number of rotatable bonds is 0. The molecule has 0 atom stereocenters. The topological polar surface area (TPSA) is 28.7 Å². The van der Waals surface area contributed by atoms with Crippen molar-refractivity contribution in [3.8, 4) is 0 Å². The zero-order chi connectivity index (χ0) is 8.97. The molecule has 0 unspecified atom stereocenters. The van der Waals surface area contributed by atoms with Crippen molar-refractivity contribution in [3.05, 3.63) is 30.1 Å². The van der Waals surface area contributed by atoms with E-state index in [0.717, 1.165) is 11.3 Å². The van der Waals surface area contributed by atoms with Crippen LogP contribution >= 0.6 is 0 Å². The number of H-pyrrole nitrogens is 1. The molecule has 0 aliphatic rings. The predicted octanol–water partition coefficient (Wildman–Crippen LogP) is 3.14. The van der Waals surface area contributed by atoms with Crippen molar-refractivity contribution in [2.24, 2.45) is 0 Å². The first kappa shape index (κ1) is 8.78. The van der Waals surface area contributed by atoms with Crippen LogP contribution in [-0.4, -0.2) is 9.97 Å². The van der Waals surface area contributed by atoms with Crippen LogP contribution in [-0.2, 0) is 0 Å². The van der Waals surface area contributed by atoms with E-state index in [-0.39, 0.29) is 1.43 Å². The molecule has 66 valence electrons. The molecule has 0 spiro atoms. The van der Waals surface area contributed by atoms with Gasteiger partial charge in [0.25, 0.3) is 0 Å². The standard InChI is InChI=1S/C8H8N2.C2H6.H2/c1-6-2-3-7-4-5-9-8(7)10-6;1-2;/h2-5H,1H3,(H,9,10);1-2H3;1H. The Bertz CT molecular complexity index is 354. The van der Waals surface area contributed by atoms with Crippen LogP contribution < -0.4 is 0 Å². The fourth-order valence-electron chi connectivity index (χ4n) is 1.03. The number of aromatic amines is 1. The number of hydrogen-bond acceptors (Lipinski definition) is 1. The highest BCUT2D eigenvalue weighted by molar-refractivity contribution is 5.75. The Balaban J connectivity index is 0.000000451. The first-order chi connectivity index (χ1) is 5.86. The van der Waals surface area contributed by atoms with Gasteiger partial charge in [-0.3, -0.25) is 0 Å². The normalized spacial score (nSPS) is 9.25. The van der Waals surface area contributed by atoms with Crippen molar-refractivity contribution < 1.29 is 1.43 Å². The Hall–Kier alpha value is -1.31. The van der Waals surface area contributed by atoms with Gasteiger partial charge in [0.05, 0.1) is 0 Å². The average molecular weight is 164 g/mol. The fourth-order valence-corrected chi connectivity index (χ4v) is 1.03. The van der Waals surface area contributed by atoms with Crippen molar-refractivity contribution in [3.63, 3.8) is 0 Å². The van der Waals surface area contributed by atoms with E-state index in [2.05, 4.69) is 16.0 Å². The summed E-state index contributed by atoms with van der Waals surface area (Å²) in [5, 5.41) is 1.17. The lowest BCUT2D eigenvalue weighted by atomic mass is 10.3. The molecule has 2 aromatic heterocycles. The lowest BCUT2D eigenvalue weighted by Crippen LogP contribution is -1.79. The van der Waals surface area contributed by atoms with Gasteiger partial charge in [-0.25, -0.2) is 4.98 Å². The van der Waals surface area contributed by atoms with Crippen molar-refractivity contribution in [2.75, 3.05) is 0 Å². The second-order valence-corrected chi connectivity index (χ2v) is 2.37. The number of pyridine rings is 1. The van der Waals surface area contributed by atoms with Crippen LogP contribution in [0.1, 0.15) is 21.0 Å². The minimum absolute atomic E-state index is 0. The van der Waals surface area contributed by atoms with Gasteiger partial charge in [0.15, 0.2) is 0 Å². The number of aryl methyl sites for hydroxylation is 1. The fraction of sp³-hybridized carbons (Fsp3) is 0.300. The van der Waals surface area contributed by atoms with Gasteiger partial charge < -0.3 is 4.98 Å². The minimum atomic E-state index is 0. The number of fused-ring (bicyclic) bond motifs is 1. The van der Waals surface area contributed by atoms with Gasteiger partial charge in [-0.1, -0.05) is 13.8 Å². The molecule has 0 radical (unpaired) electrons. The zero-order valence-electron chi connectivity index (χ0n) is 7.76. The van der Waals surface area contributed by atoms with E-state index in [4.69, 9.17) is 0 Å². The molecule has 2 rings (SSSR count). The molecule has 2 aromatic rings. The summed E-state index contributed by atoms with van der Waals surface area (Å²) in [5.41, 5.74) is 2.02. The molecule has 0 saturated heterocycles. The lowest BCUT2D eigenvalue weighted by molar-refractivity contribution is 1.22. The van der Waals surface area contributed by atoms with Gasteiger partial charge in [0.1, 0.15) is 5.65 Å². The molecular formula is C10H16N2. The second kappa shape index (κ2) is 3.90. The molecule has 2 heterocycles. The van der Waals surface area contributed by atoms with E-state index in [1.54, 1.807) is 0 Å². The molecule has 0 aromatic carbocycles. The zero-order valence-corrected chi connectivity index (χ0v) is 7.76. The van der Waals surface area contributed by atoms with Crippen molar-refractivity contribution in [1.29, 1.82) is 0 Å². The van der Waals surface area contributed by atoms with E-state index in [9.17, 15) is 0 Å². The summed E-state index contributed by atoms with van der Waals surface area (Å²) in [6, 6.07) is 6.09. The first-order valence-electron chi connectivity index (χ1n) is 4.27. The van der Waals surface area contributed by atoms with E-state index in [1.165, 1.54) is 5.39 Å². The molecule has 0 aliphatic carbocycles. The van der Waals surface area contributed by atoms with E-state index in [1.807, 2.05) is 39.1 Å². The summed E-state index contributed by atoms with van der Waals surface area (Å²) in [6.45, 7) is 5.99. The Morgan fingerprint density at radius 1 is 1.25 bits per heavy atom. The maximum atomic E-state index is 4.28. The minimum Gasteiger partial charge on any atom is -0.346 e. The van der Waals surface area contributed by atoms with Crippen molar-refractivity contribution >= 4 is 11.0 Å². The summed E-state index contributed by atoms with van der Waals surface area (Å²) in [4.78, 5) is 7.33. The van der Waals surface area contributed by atoms with Crippen LogP contribution in [0.2, 0.25) is 0 Å². The summed E-state index contributed by atoms with van der Waals surface area (Å²) < 4.78 is 0. The molecule has 0 aliphatic heterocycles. The predicted molar refractivity (Wildman–Crippen MR) is 54.3 cm³/mol. The lowest BCUT2D eigenvalue weighted by Gasteiger charge is -1.89. The monoisotopic (exact) mass is 164 g/mol. The Morgan fingerprint density at radius 2 is 2.00 bits per heavy atom. The molecular weight excluding hydrogens is 148 g/mol. The van der Waals surface area contributed by atoms with Crippen LogP contribution in [0.5, 0.6) is 0 Å². The number of nitrogens with zero attached hydrogens (tertiary/aromatic N) is 1. The van der Waals surface area contributed by atoms with Gasteiger partial charge in [-0.15, -0.1) is 0 Å². The highest BCUT2D eigenvalue weighted by Gasteiger charge is 1.92.